The molecule has 1 aliphatic heterocycles. The second-order valence-corrected chi connectivity index (χ2v) is 8.67. The van der Waals surface area contributed by atoms with Crippen molar-refractivity contribution in [3.05, 3.63) is 72.4 Å². The molecular weight excluding hydrogens is 393 g/mol. The van der Waals surface area contributed by atoms with Gasteiger partial charge < -0.3 is 10.1 Å². The maximum Gasteiger partial charge on any atom is 0.148 e. The summed E-state index contributed by atoms with van der Waals surface area (Å²) in [5, 5.41) is 7.96. The molecule has 0 unspecified atom stereocenters. The first-order chi connectivity index (χ1) is 15.2. The minimum atomic E-state index is -0.263. The Kier molecular flexibility index (Phi) is 5.70. The molecule has 2 aromatic heterocycles. The van der Waals surface area contributed by atoms with E-state index in [1.165, 1.54) is 6.07 Å². The molecule has 0 amide bonds. The molecule has 6 nitrogen and oxygen atoms in total. The minimum Gasteiger partial charge on any atom is -0.379 e. The lowest BCUT2D eigenvalue weighted by Gasteiger charge is -2.37. The van der Waals surface area contributed by atoms with Crippen molar-refractivity contribution in [1.82, 2.24) is 19.7 Å². The molecular formula is C24H28FN5O. The van der Waals surface area contributed by atoms with Gasteiger partial charge in [-0.2, -0.15) is 5.10 Å². The number of hydrogen-bond acceptors (Lipinski definition) is 5. The summed E-state index contributed by atoms with van der Waals surface area (Å²) < 4.78 is 21.5. The fourth-order valence-electron chi connectivity index (χ4n) is 5.16. The number of fused-ring (bicyclic) bond motifs is 1. The van der Waals surface area contributed by atoms with Crippen LogP contribution in [0.15, 0.2) is 61.1 Å². The zero-order chi connectivity index (χ0) is 21.2. The number of likely N-dealkylation sites (tertiary alicyclic amines) is 1. The number of aromatic nitrogens is 3. The highest BCUT2D eigenvalue weighted by Crippen LogP contribution is 2.38. The van der Waals surface area contributed by atoms with Crippen molar-refractivity contribution in [1.29, 1.82) is 0 Å². The number of methoxy groups -OCH3 is 1. The van der Waals surface area contributed by atoms with Gasteiger partial charge in [-0.3, -0.25) is 4.90 Å². The smallest absolute Gasteiger partial charge is 0.148 e. The summed E-state index contributed by atoms with van der Waals surface area (Å²) in [6, 6.07) is 12.9. The van der Waals surface area contributed by atoms with Gasteiger partial charge >= 0.3 is 0 Å². The molecule has 1 aromatic carbocycles. The zero-order valence-electron chi connectivity index (χ0n) is 17.7. The number of anilines is 1. The molecule has 5 rings (SSSR count). The van der Waals surface area contributed by atoms with Crippen LogP contribution < -0.4 is 5.32 Å². The number of para-hydroxylation sites is 1. The van der Waals surface area contributed by atoms with Crippen LogP contribution in [0.2, 0.25) is 0 Å². The van der Waals surface area contributed by atoms with Gasteiger partial charge in [-0.15, -0.1) is 0 Å². The lowest BCUT2D eigenvalue weighted by molar-refractivity contribution is 0.0304. The number of nitrogens with zero attached hydrogens (tertiary/aromatic N) is 4. The normalized spacial score (nSPS) is 26.0. The topological polar surface area (TPSA) is 55.2 Å². The van der Waals surface area contributed by atoms with Crippen LogP contribution in [0.1, 0.15) is 18.4 Å². The first-order valence-electron chi connectivity index (χ1n) is 10.9. The number of ether oxygens (including phenoxy) is 1. The van der Waals surface area contributed by atoms with Gasteiger partial charge in [-0.1, -0.05) is 18.2 Å². The lowest BCUT2D eigenvalue weighted by atomic mass is 9.77. The van der Waals surface area contributed by atoms with E-state index in [1.807, 2.05) is 50.0 Å². The predicted octanol–water partition coefficient (Wildman–Crippen LogP) is 3.74. The summed E-state index contributed by atoms with van der Waals surface area (Å²) in [6.07, 6.45) is 7.91. The molecule has 0 bridgehead atoms. The van der Waals surface area contributed by atoms with Crippen LogP contribution in [0.3, 0.4) is 0 Å². The summed E-state index contributed by atoms with van der Waals surface area (Å²) in [6.45, 7) is 2.95. The highest BCUT2D eigenvalue weighted by Gasteiger charge is 2.42. The third-order valence-corrected chi connectivity index (χ3v) is 6.64. The van der Waals surface area contributed by atoms with Gasteiger partial charge in [0.25, 0.3) is 0 Å². The molecule has 1 saturated carbocycles. The Hall–Kier alpha value is -2.77. The quantitative estimate of drug-likeness (QED) is 0.657. The molecule has 2 aliphatic rings. The molecule has 0 spiro atoms. The lowest BCUT2D eigenvalue weighted by Crippen LogP contribution is -2.44. The first-order valence-corrected chi connectivity index (χ1v) is 10.9. The van der Waals surface area contributed by atoms with Crippen molar-refractivity contribution in [3.63, 3.8) is 0 Å². The standard InChI is InChI=1S/C24H28FN5O/c1-31-23-11-19-16-29(15-18(19)10-21(23)28-24-8-4-5-9-26-24)13-17-12-27-30(14-17)22-7-3-2-6-20(22)25/h2-9,12,14,18-19,21,23H,10-11,13,15-16H2,1H3,(H,26,28)/t18-,19+,21-,23-/m1/s1. The SMILES string of the molecule is CO[C@@H]1C[C@H]2CN(Cc3cnn(-c4ccccc4F)c3)C[C@H]2C[C@H]1Nc1ccccn1. The van der Waals surface area contributed by atoms with Crippen LogP contribution in [-0.4, -0.2) is 52.0 Å². The predicted molar refractivity (Wildman–Crippen MR) is 117 cm³/mol. The van der Waals surface area contributed by atoms with E-state index in [9.17, 15) is 4.39 Å². The van der Waals surface area contributed by atoms with Crippen LogP contribution in [0.5, 0.6) is 0 Å². The van der Waals surface area contributed by atoms with Gasteiger partial charge in [0.2, 0.25) is 0 Å². The number of rotatable bonds is 6. The monoisotopic (exact) mass is 421 g/mol. The van der Waals surface area contributed by atoms with Gasteiger partial charge in [-0.05, 0) is 48.9 Å². The van der Waals surface area contributed by atoms with Crippen molar-refractivity contribution in [2.75, 3.05) is 25.5 Å². The zero-order valence-corrected chi connectivity index (χ0v) is 17.7. The summed E-state index contributed by atoms with van der Waals surface area (Å²) in [4.78, 5) is 6.91. The van der Waals surface area contributed by atoms with E-state index in [1.54, 1.807) is 16.8 Å². The fourth-order valence-corrected chi connectivity index (χ4v) is 5.16. The summed E-state index contributed by atoms with van der Waals surface area (Å²) >= 11 is 0. The molecule has 3 heterocycles. The minimum absolute atomic E-state index is 0.187. The van der Waals surface area contributed by atoms with E-state index >= 15 is 0 Å². The fraction of sp³-hybridized carbons (Fsp3) is 0.417. The Labute approximate surface area is 182 Å². The maximum atomic E-state index is 14.1. The number of nitrogens with one attached hydrogen (secondary N) is 1. The number of halogens is 1. The van der Waals surface area contributed by atoms with Crippen molar-refractivity contribution in [3.8, 4) is 5.69 Å². The molecule has 31 heavy (non-hydrogen) atoms. The second-order valence-electron chi connectivity index (χ2n) is 8.67. The van der Waals surface area contributed by atoms with Crippen molar-refractivity contribution in [2.45, 2.75) is 31.5 Å². The largest absolute Gasteiger partial charge is 0.379 e. The molecule has 0 radical (unpaired) electrons. The highest BCUT2D eigenvalue weighted by atomic mass is 19.1. The van der Waals surface area contributed by atoms with E-state index in [0.29, 0.717) is 17.5 Å². The summed E-state index contributed by atoms with van der Waals surface area (Å²) in [5.41, 5.74) is 1.59. The Morgan fingerprint density at radius 1 is 1.10 bits per heavy atom. The van der Waals surface area contributed by atoms with Crippen LogP contribution in [0.4, 0.5) is 10.2 Å². The van der Waals surface area contributed by atoms with E-state index in [2.05, 4.69) is 20.3 Å². The van der Waals surface area contributed by atoms with Crippen LogP contribution in [-0.2, 0) is 11.3 Å². The average Bonchev–Trinajstić information content (AvgIpc) is 3.40. The Morgan fingerprint density at radius 3 is 2.68 bits per heavy atom. The van der Waals surface area contributed by atoms with E-state index in [4.69, 9.17) is 4.74 Å². The van der Waals surface area contributed by atoms with E-state index in [-0.39, 0.29) is 18.0 Å². The average molecular weight is 422 g/mol. The molecule has 1 N–H and O–H groups in total. The maximum absolute atomic E-state index is 14.1. The molecule has 7 heteroatoms. The molecule has 1 saturated heterocycles. The molecule has 162 valence electrons. The van der Waals surface area contributed by atoms with Gasteiger partial charge in [0.1, 0.15) is 17.3 Å². The summed E-state index contributed by atoms with van der Waals surface area (Å²) in [5.74, 6) is 1.91. The first kappa shape index (κ1) is 20.2. The summed E-state index contributed by atoms with van der Waals surface area (Å²) in [7, 11) is 1.81. The van der Waals surface area contributed by atoms with Gasteiger partial charge in [-0.25, -0.2) is 14.1 Å². The van der Waals surface area contributed by atoms with Crippen LogP contribution >= 0.6 is 0 Å². The van der Waals surface area contributed by atoms with Crippen molar-refractivity contribution >= 4 is 5.82 Å². The van der Waals surface area contributed by atoms with Crippen molar-refractivity contribution in [2.24, 2.45) is 11.8 Å². The molecule has 3 aromatic rings. The van der Waals surface area contributed by atoms with Crippen LogP contribution in [0.25, 0.3) is 5.69 Å². The Bertz CT molecular complexity index is 1010. The van der Waals surface area contributed by atoms with E-state index in [0.717, 1.165) is 43.9 Å². The molecule has 2 fully saturated rings. The van der Waals surface area contributed by atoms with Gasteiger partial charge in [0.15, 0.2) is 0 Å². The van der Waals surface area contributed by atoms with Gasteiger partial charge in [0, 0.05) is 44.7 Å². The Balaban J connectivity index is 1.23. The second kappa shape index (κ2) is 8.77. The number of benzene rings is 1. The van der Waals surface area contributed by atoms with Crippen LogP contribution in [0, 0.1) is 17.7 Å². The number of hydrogen-bond donors (Lipinski definition) is 1. The van der Waals surface area contributed by atoms with Gasteiger partial charge in [0.05, 0.1) is 18.3 Å². The van der Waals surface area contributed by atoms with Crippen molar-refractivity contribution < 1.29 is 9.13 Å². The molecule has 4 atom stereocenters. The molecule has 1 aliphatic carbocycles. The number of pyridine rings is 1. The Morgan fingerprint density at radius 2 is 1.90 bits per heavy atom. The highest BCUT2D eigenvalue weighted by molar-refractivity contribution is 5.35. The third-order valence-electron chi connectivity index (χ3n) is 6.64. The third kappa shape index (κ3) is 4.34. The van der Waals surface area contributed by atoms with E-state index < -0.39 is 0 Å².